The van der Waals surface area contributed by atoms with Gasteiger partial charge in [-0.1, -0.05) is 117 Å². The third-order valence-corrected chi connectivity index (χ3v) is 13.4. The summed E-state index contributed by atoms with van der Waals surface area (Å²) in [6, 6.07) is 56.4. The Morgan fingerprint density at radius 2 is 1.25 bits per heavy atom. The fourth-order valence-corrected chi connectivity index (χ4v) is 11.4. The van der Waals surface area contributed by atoms with E-state index in [1.165, 1.54) is 70.1 Å². The van der Waals surface area contributed by atoms with Crippen molar-refractivity contribution in [2.75, 3.05) is 4.90 Å². The number of rotatable bonds is 4. The van der Waals surface area contributed by atoms with E-state index >= 15 is 0 Å². The van der Waals surface area contributed by atoms with Gasteiger partial charge in [-0.2, -0.15) is 0 Å². The Kier molecular flexibility index (Phi) is 6.84. The second-order valence-electron chi connectivity index (χ2n) is 16.3. The number of anilines is 3. The predicted molar refractivity (Wildman–Crippen MR) is 221 cm³/mol. The molecule has 5 unspecified atom stereocenters. The second kappa shape index (κ2) is 11.7. The van der Waals surface area contributed by atoms with Gasteiger partial charge in [0.25, 0.3) is 0 Å². The Hall–Kier alpha value is -5.60. The monoisotopic (exact) mass is 685 g/mol. The van der Waals surface area contributed by atoms with E-state index < -0.39 is 0 Å². The van der Waals surface area contributed by atoms with Crippen molar-refractivity contribution in [3.8, 4) is 22.3 Å². The fraction of sp³-hybridized carbons (Fsp3) is 0.216. The normalized spacial score (nSPS) is 23.1. The minimum atomic E-state index is 0.0390. The highest BCUT2D eigenvalue weighted by Gasteiger charge is 2.56. The van der Waals surface area contributed by atoms with Crippen molar-refractivity contribution >= 4 is 49.8 Å². The molecule has 5 atom stereocenters. The van der Waals surface area contributed by atoms with Gasteiger partial charge in [0.2, 0.25) is 0 Å². The van der Waals surface area contributed by atoms with Crippen molar-refractivity contribution < 1.29 is 4.42 Å². The van der Waals surface area contributed by atoms with E-state index in [4.69, 9.17) is 4.42 Å². The number of benzene rings is 7. The van der Waals surface area contributed by atoms with Crippen LogP contribution in [0.3, 0.4) is 0 Å². The first kappa shape index (κ1) is 31.0. The van der Waals surface area contributed by atoms with E-state index in [1.807, 2.05) is 12.1 Å². The fourth-order valence-electron chi connectivity index (χ4n) is 11.4. The maximum Gasteiger partial charge on any atom is 0.135 e. The van der Waals surface area contributed by atoms with Gasteiger partial charge in [-0.3, -0.25) is 0 Å². The molecule has 258 valence electrons. The van der Waals surface area contributed by atoms with Gasteiger partial charge in [-0.25, -0.2) is 0 Å². The lowest BCUT2D eigenvalue weighted by Crippen LogP contribution is -2.49. The van der Waals surface area contributed by atoms with Crippen LogP contribution in [0.2, 0.25) is 0 Å². The summed E-state index contributed by atoms with van der Waals surface area (Å²) in [5, 5.41) is 4.82. The van der Waals surface area contributed by atoms with E-state index in [2.05, 4.69) is 158 Å². The van der Waals surface area contributed by atoms with Crippen molar-refractivity contribution in [3.63, 3.8) is 0 Å². The van der Waals surface area contributed by atoms with Gasteiger partial charge in [0.15, 0.2) is 0 Å². The average Bonchev–Trinajstić information content (AvgIpc) is 3.71. The number of nitrogens with zero attached hydrogens (tertiary/aromatic N) is 1. The molecule has 0 aliphatic heterocycles. The number of fused-ring (bicyclic) bond motifs is 12. The minimum Gasteiger partial charge on any atom is -0.456 e. The van der Waals surface area contributed by atoms with Crippen LogP contribution in [0.1, 0.15) is 50.7 Å². The lowest BCUT2D eigenvalue weighted by molar-refractivity contribution is 0.0426. The molecule has 0 amide bonds. The molecular weight excluding hydrogens is 643 g/mol. The topological polar surface area (TPSA) is 16.4 Å². The number of hydrogen-bond acceptors (Lipinski definition) is 2. The summed E-state index contributed by atoms with van der Waals surface area (Å²) in [5.74, 6) is 2.88. The van der Waals surface area contributed by atoms with Crippen LogP contribution < -0.4 is 4.90 Å². The molecule has 3 aliphatic carbocycles. The molecule has 2 fully saturated rings. The molecule has 2 bridgehead atoms. The van der Waals surface area contributed by atoms with Gasteiger partial charge in [0.1, 0.15) is 11.2 Å². The molecule has 2 nitrogen and oxygen atoms in total. The van der Waals surface area contributed by atoms with E-state index in [-0.39, 0.29) is 5.41 Å². The molecule has 53 heavy (non-hydrogen) atoms. The molecule has 11 rings (SSSR count). The van der Waals surface area contributed by atoms with E-state index in [0.717, 1.165) is 39.5 Å². The summed E-state index contributed by atoms with van der Waals surface area (Å²) in [6.07, 6.45) is 5.37. The summed E-state index contributed by atoms with van der Waals surface area (Å²) >= 11 is 0. The number of para-hydroxylation sites is 1. The van der Waals surface area contributed by atoms with Crippen LogP contribution in [0.15, 0.2) is 156 Å². The smallest absolute Gasteiger partial charge is 0.135 e. The third kappa shape index (κ3) is 4.57. The van der Waals surface area contributed by atoms with E-state index in [1.54, 1.807) is 11.1 Å². The number of furan rings is 1. The Morgan fingerprint density at radius 1 is 0.528 bits per heavy atom. The van der Waals surface area contributed by atoms with Gasteiger partial charge in [0, 0.05) is 32.9 Å². The molecule has 8 aromatic rings. The summed E-state index contributed by atoms with van der Waals surface area (Å²) in [7, 11) is 0. The van der Waals surface area contributed by atoms with Crippen molar-refractivity contribution in [1.82, 2.24) is 0 Å². The van der Waals surface area contributed by atoms with Gasteiger partial charge < -0.3 is 9.32 Å². The Balaban J connectivity index is 1.08. The van der Waals surface area contributed by atoms with Crippen LogP contribution in [0, 0.1) is 23.7 Å². The molecule has 7 aromatic carbocycles. The zero-order valence-electron chi connectivity index (χ0n) is 30.4. The highest BCUT2D eigenvalue weighted by molar-refractivity contribution is 6.06. The van der Waals surface area contributed by atoms with Gasteiger partial charge >= 0.3 is 0 Å². The maximum atomic E-state index is 6.15. The molecule has 2 saturated carbocycles. The molecule has 2 heteroatoms. The lowest BCUT2D eigenvalue weighted by atomic mass is 9.49. The van der Waals surface area contributed by atoms with E-state index in [9.17, 15) is 0 Å². The Labute approximate surface area is 311 Å². The molecule has 1 heterocycles. The van der Waals surface area contributed by atoms with E-state index in [0.29, 0.717) is 11.8 Å². The summed E-state index contributed by atoms with van der Waals surface area (Å²) in [6.45, 7) is 5.07. The SMILES string of the molecule is CC1CC2CC(C)C3(c4ccccc4-c4ccc(N(c5ccc(-c6ccc7oc8ccccc8c7c6)cc5)c5cccc6ccccc56)cc43)C(C1)C2. The maximum absolute atomic E-state index is 6.15. The van der Waals surface area contributed by atoms with Gasteiger partial charge in [-0.05, 0) is 137 Å². The van der Waals surface area contributed by atoms with Crippen LogP contribution >= 0.6 is 0 Å². The average molecular weight is 686 g/mol. The van der Waals surface area contributed by atoms with Crippen LogP contribution in [0.5, 0.6) is 0 Å². The van der Waals surface area contributed by atoms with Crippen molar-refractivity contribution in [3.05, 3.63) is 163 Å². The standard InChI is InChI=1S/C51H43NO/c1-32-26-34-28-33(2)51(38(27-32)29-34)46-15-7-5-13-42(46)43-24-23-40(31-47(43)51)52(48-16-9-11-36-10-3-4-12-41(36)48)39-21-18-35(19-22-39)37-20-25-50-45(30-37)44-14-6-8-17-49(44)53-50/h3-25,30-34,38H,26-29H2,1-2H3. The first-order valence-electron chi connectivity index (χ1n) is 19.6. The Morgan fingerprint density at radius 3 is 2.15 bits per heavy atom. The molecule has 0 saturated heterocycles. The predicted octanol–water partition coefficient (Wildman–Crippen LogP) is 14.2. The zero-order valence-corrected chi connectivity index (χ0v) is 30.4. The van der Waals surface area contributed by atoms with Gasteiger partial charge in [-0.15, -0.1) is 0 Å². The molecule has 0 N–H and O–H groups in total. The van der Waals surface area contributed by atoms with Crippen molar-refractivity contribution in [1.29, 1.82) is 0 Å². The molecule has 0 radical (unpaired) electrons. The highest BCUT2D eigenvalue weighted by atomic mass is 16.3. The quantitative estimate of drug-likeness (QED) is 0.183. The van der Waals surface area contributed by atoms with Crippen molar-refractivity contribution in [2.24, 2.45) is 23.7 Å². The number of hydrogen-bond donors (Lipinski definition) is 0. The highest BCUT2D eigenvalue weighted by Crippen LogP contribution is 2.65. The van der Waals surface area contributed by atoms with Gasteiger partial charge in [0.05, 0.1) is 5.69 Å². The molecule has 1 spiro atoms. The summed E-state index contributed by atoms with van der Waals surface area (Å²) in [5.41, 5.74) is 13.9. The van der Waals surface area contributed by atoms with Crippen LogP contribution in [0.4, 0.5) is 17.1 Å². The van der Waals surface area contributed by atoms with Crippen LogP contribution in [-0.2, 0) is 5.41 Å². The first-order valence-corrected chi connectivity index (χ1v) is 19.6. The molecule has 1 aromatic heterocycles. The molecular formula is C51H43NO. The minimum absolute atomic E-state index is 0.0390. The van der Waals surface area contributed by atoms with Crippen LogP contribution in [-0.4, -0.2) is 0 Å². The zero-order chi connectivity index (χ0) is 35.3. The summed E-state index contributed by atoms with van der Waals surface area (Å²) < 4.78 is 6.15. The first-order chi connectivity index (χ1) is 26.1. The second-order valence-corrected chi connectivity index (χ2v) is 16.3. The summed E-state index contributed by atoms with van der Waals surface area (Å²) in [4.78, 5) is 2.51. The van der Waals surface area contributed by atoms with Crippen LogP contribution in [0.25, 0.3) is 55.0 Å². The lowest BCUT2D eigenvalue weighted by Gasteiger charge is -2.54. The molecule has 3 aliphatic rings. The largest absolute Gasteiger partial charge is 0.456 e. The Bertz CT molecular complexity index is 2690. The van der Waals surface area contributed by atoms with Crippen molar-refractivity contribution in [2.45, 2.75) is 44.9 Å². The third-order valence-electron chi connectivity index (χ3n) is 13.4.